The molecule has 1 aromatic carbocycles. The molecule has 1 saturated heterocycles. The van der Waals surface area contributed by atoms with E-state index in [-0.39, 0.29) is 105 Å². The number of hydrogen-bond acceptors (Lipinski definition) is 20. The quantitative estimate of drug-likeness (QED) is 0.0127. The van der Waals surface area contributed by atoms with E-state index in [0.29, 0.717) is 16.2 Å². The van der Waals surface area contributed by atoms with E-state index < -0.39 is 165 Å². The van der Waals surface area contributed by atoms with Crippen LogP contribution in [0.4, 0.5) is 10.5 Å². The number of cyclic esters (lactones) is 1. The largest absolute Gasteiger partial charge is 0.481 e. The van der Waals surface area contributed by atoms with Crippen molar-refractivity contribution in [3.05, 3.63) is 42.0 Å². The first-order valence-electron chi connectivity index (χ1n) is 27.7. The van der Waals surface area contributed by atoms with Gasteiger partial charge in [-0.3, -0.25) is 62.2 Å². The van der Waals surface area contributed by atoms with Crippen LogP contribution in [-0.2, 0) is 92.4 Å². The van der Waals surface area contributed by atoms with Gasteiger partial charge in [-0.15, -0.1) is 0 Å². The summed E-state index contributed by atoms with van der Waals surface area (Å²) in [6.45, 7) is 2.68. The van der Waals surface area contributed by atoms with Crippen LogP contribution in [0.1, 0.15) is 70.8 Å². The Labute approximate surface area is 499 Å². The highest BCUT2D eigenvalue weighted by Crippen LogP contribution is 2.34. The predicted octanol–water partition coefficient (Wildman–Crippen LogP) is -4.60. The number of anilines is 1. The van der Waals surface area contributed by atoms with Crippen molar-refractivity contribution in [1.82, 2.24) is 47.4 Å². The van der Waals surface area contributed by atoms with Crippen molar-refractivity contribution in [2.24, 2.45) is 11.7 Å². The van der Waals surface area contributed by atoms with E-state index in [1.807, 2.05) is 0 Å². The number of carboxylic acid groups (broad SMARTS) is 1. The fourth-order valence-electron chi connectivity index (χ4n) is 7.97. The van der Waals surface area contributed by atoms with Crippen molar-refractivity contribution < 1.29 is 111 Å². The summed E-state index contributed by atoms with van der Waals surface area (Å²) in [5.74, 6) is -11.3. The Hall–Kier alpha value is -7.98. The minimum Gasteiger partial charge on any atom is -0.481 e. The summed E-state index contributed by atoms with van der Waals surface area (Å²) in [6.07, 6.45) is -1.45. The summed E-state index contributed by atoms with van der Waals surface area (Å²) in [6, 6.07) is -3.16. The van der Waals surface area contributed by atoms with E-state index in [4.69, 9.17) is 39.2 Å². The number of nitrogens with one attached hydrogen (secondary N) is 9. The van der Waals surface area contributed by atoms with Gasteiger partial charge in [0.2, 0.25) is 47.3 Å². The number of aliphatic hydroxyl groups is 1. The first kappa shape index (κ1) is 73.3. The third-order valence-electron chi connectivity index (χ3n) is 12.6. The van der Waals surface area contributed by atoms with Crippen LogP contribution in [0.5, 0.6) is 0 Å². The summed E-state index contributed by atoms with van der Waals surface area (Å²) in [4.78, 5) is 185. The van der Waals surface area contributed by atoms with Crippen molar-refractivity contribution >= 4 is 90.3 Å². The number of ether oxygens (including phenoxy) is 5. The van der Waals surface area contributed by atoms with Gasteiger partial charge in [0.1, 0.15) is 36.3 Å². The van der Waals surface area contributed by atoms with Gasteiger partial charge in [0, 0.05) is 63.2 Å². The molecule has 0 bridgehead atoms. The Morgan fingerprint density at radius 2 is 1.25 bits per heavy atom. The molecule has 15 N–H and O–H groups in total. The van der Waals surface area contributed by atoms with Gasteiger partial charge in [-0.25, -0.2) is 9.59 Å². The van der Waals surface area contributed by atoms with Gasteiger partial charge in [-0.1, -0.05) is 26.0 Å². The summed E-state index contributed by atoms with van der Waals surface area (Å²) in [7, 11) is -4.47. The number of benzene rings is 1. The van der Waals surface area contributed by atoms with Crippen LogP contribution in [0.25, 0.3) is 0 Å². The van der Waals surface area contributed by atoms with Gasteiger partial charge in [-0.05, 0) is 42.9 Å². The second kappa shape index (κ2) is 38.9. The number of carbonyl (C=O) groups is 13. The van der Waals surface area contributed by atoms with Crippen molar-refractivity contribution in [2.75, 3.05) is 90.6 Å². The number of aliphatic carboxylic acids is 1. The molecule has 0 aromatic heterocycles. The lowest BCUT2D eigenvalue weighted by Gasteiger charge is -2.28. The van der Waals surface area contributed by atoms with E-state index in [1.54, 1.807) is 26.0 Å². The maximum atomic E-state index is 14.0. The second-order valence-electron chi connectivity index (χ2n) is 19.8. The standard InChI is InChI=1S/C52H78N11O23P/c1-31(2)45(50(76)61-34(4-3-16-55-52(53)78)46(72)57-33-7-5-32(30-64)6-8-33)62-47(73)35(9-12-44(70)71)60-48(74)37(28-41(67)58-36-13-19-86-51(36)77)59-40(66)14-18-82-21-23-84-25-26-85-24-22-83-20-17-54-49(75)38(63-42(68)10-11-43(63)69)29-56-39(65)15-27-87(79,80)81/h5-8,10-11,31,34-38,45,64H,3-4,9,12-30H2,1-2H3,(H,54,75)(H,56,65)(H,57,72)(H,58,67)(H,59,66)(H,60,74)(H,61,76)(H,62,73)(H,70,71)(H3,53,55,78)(H2,79,80,81)/t34-,35-,36-,37-,38-,45-/m0/s1. The number of rotatable bonds is 43. The van der Waals surface area contributed by atoms with Crippen LogP contribution >= 0.6 is 7.60 Å². The number of esters is 1. The Morgan fingerprint density at radius 1 is 0.667 bits per heavy atom. The number of primary amides is 1. The summed E-state index contributed by atoms with van der Waals surface area (Å²) >= 11 is 0. The second-order valence-corrected chi connectivity index (χ2v) is 21.6. The molecule has 35 heteroatoms. The molecule has 484 valence electrons. The van der Waals surface area contributed by atoms with E-state index >= 15 is 0 Å². The van der Waals surface area contributed by atoms with Crippen molar-refractivity contribution in [3.8, 4) is 0 Å². The molecular weight excluding hydrogens is 1180 g/mol. The summed E-state index contributed by atoms with van der Waals surface area (Å²) in [5.41, 5.74) is 6.06. The first-order valence-corrected chi connectivity index (χ1v) is 29.5. The maximum Gasteiger partial charge on any atom is 0.328 e. The zero-order valence-corrected chi connectivity index (χ0v) is 49.0. The number of carboxylic acids is 1. The topological polar surface area (TPSA) is 504 Å². The lowest BCUT2D eigenvalue weighted by atomic mass is 10.0. The molecule has 0 saturated carbocycles. The highest BCUT2D eigenvalue weighted by Gasteiger charge is 2.37. The van der Waals surface area contributed by atoms with Gasteiger partial charge >= 0.3 is 25.6 Å². The van der Waals surface area contributed by atoms with Crippen LogP contribution < -0.4 is 53.6 Å². The van der Waals surface area contributed by atoms with E-state index in [1.165, 1.54) is 12.1 Å². The smallest absolute Gasteiger partial charge is 0.328 e. The van der Waals surface area contributed by atoms with Crippen LogP contribution in [-0.4, -0.2) is 223 Å². The third kappa shape index (κ3) is 29.3. The number of urea groups is 1. The molecule has 3 rings (SSSR count). The molecule has 6 atom stereocenters. The lowest BCUT2D eigenvalue weighted by molar-refractivity contribution is -0.145. The molecule has 0 unspecified atom stereocenters. The molecule has 2 aliphatic rings. The van der Waals surface area contributed by atoms with Crippen molar-refractivity contribution in [3.63, 3.8) is 0 Å². The maximum absolute atomic E-state index is 14.0. The molecule has 2 aliphatic heterocycles. The van der Waals surface area contributed by atoms with Gasteiger partial charge in [0.15, 0.2) is 0 Å². The summed E-state index contributed by atoms with van der Waals surface area (Å²) < 4.78 is 37.8. The van der Waals surface area contributed by atoms with E-state index in [2.05, 4.69) is 47.9 Å². The molecule has 87 heavy (non-hydrogen) atoms. The third-order valence-corrected chi connectivity index (χ3v) is 13.4. The molecule has 0 radical (unpaired) electrons. The Balaban J connectivity index is 1.50. The fraction of sp³-hybridized carbons (Fsp3) is 0.596. The monoisotopic (exact) mass is 1260 g/mol. The fourth-order valence-corrected chi connectivity index (χ4v) is 8.46. The van der Waals surface area contributed by atoms with E-state index in [9.17, 15) is 77.1 Å². The molecule has 1 fully saturated rings. The number of imide groups is 1. The molecule has 0 aliphatic carbocycles. The molecule has 34 nitrogen and oxygen atoms in total. The highest BCUT2D eigenvalue weighted by atomic mass is 31.2. The average Bonchev–Trinajstić information content (AvgIpc) is 3.34. The number of hydrogen-bond donors (Lipinski definition) is 14. The molecule has 12 amide bonds. The lowest BCUT2D eigenvalue weighted by Crippen LogP contribution is -2.59. The normalized spacial score (nSPS) is 15.5. The number of aliphatic hydroxyl groups excluding tert-OH is 1. The van der Waals surface area contributed by atoms with Gasteiger partial charge in [0.05, 0.1) is 78.7 Å². The zero-order chi connectivity index (χ0) is 64.5. The minimum absolute atomic E-state index is 0.00487. The first-order chi connectivity index (χ1) is 41.3. The predicted molar refractivity (Wildman–Crippen MR) is 300 cm³/mol. The number of nitrogens with zero attached hydrogens (tertiary/aromatic N) is 1. The molecule has 2 heterocycles. The van der Waals surface area contributed by atoms with Gasteiger partial charge in [0.25, 0.3) is 11.8 Å². The van der Waals surface area contributed by atoms with E-state index in [0.717, 1.165) is 12.2 Å². The van der Waals surface area contributed by atoms with Gasteiger partial charge in [-0.2, -0.15) is 0 Å². The Kier molecular flexibility index (Phi) is 32.8. The van der Waals surface area contributed by atoms with Crippen molar-refractivity contribution in [2.45, 2.75) is 108 Å². The Morgan fingerprint density at radius 3 is 1.82 bits per heavy atom. The van der Waals surface area contributed by atoms with Crippen LogP contribution in [0, 0.1) is 5.92 Å². The summed E-state index contributed by atoms with van der Waals surface area (Å²) in [5, 5.41) is 41.1. The number of carbonyl (C=O) groups excluding carboxylic acids is 12. The molecule has 1 aromatic rings. The van der Waals surface area contributed by atoms with Crippen molar-refractivity contribution in [1.29, 1.82) is 0 Å². The SMILES string of the molecule is CC(C)[C@H](NC(=O)[C@H](CCC(=O)O)NC(=O)[C@H](CC(=O)N[C@H]1CCOC1=O)NC(=O)CCOCCOCCOCCOCCNC(=O)[C@H](CNC(=O)CCP(=O)(O)O)N1C(=O)C=CC1=O)C(=O)N[C@@H](CCCNC(N)=O)C(=O)Nc1ccc(CO)cc1. The number of amides is 12. The van der Waals surface area contributed by atoms with Gasteiger partial charge < -0.3 is 97.3 Å². The number of nitrogens with two attached hydrogens (primary N) is 1. The zero-order valence-electron chi connectivity index (χ0n) is 48.1. The van der Waals surface area contributed by atoms with Crippen LogP contribution in [0.15, 0.2) is 36.4 Å². The minimum atomic E-state index is -4.47. The van der Waals surface area contributed by atoms with Crippen LogP contribution in [0.2, 0.25) is 0 Å². The van der Waals surface area contributed by atoms with Crippen LogP contribution in [0.3, 0.4) is 0 Å². The molecular formula is C52H78N11O23P. The highest BCUT2D eigenvalue weighted by molar-refractivity contribution is 7.51. The average molecular weight is 1260 g/mol. The molecule has 0 spiro atoms. The Bertz CT molecular complexity index is 2600.